The minimum atomic E-state index is 0.264. The highest BCUT2D eigenvalue weighted by atomic mass is 32.2. The number of thioether (sulfide) groups is 1. The number of piperidine rings is 1. The Morgan fingerprint density at radius 1 is 1.27 bits per heavy atom. The topological polar surface area (TPSA) is 23.6 Å². The zero-order valence-corrected chi connectivity index (χ0v) is 14.3. The molecule has 0 aliphatic carbocycles. The van der Waals surface area contributed by atoms with E-state index in [1.165, 1.54) is 29.7 Å². The molecule has 22 heavy (non-hydrogen) atoms. The van der Waals surface area contributed by atoms with Gasteiger partial charge in [0, 0.05) is 17.2 Å². The molecule has 120 valence electrons. The molecule has 1 aromatic rings. The van der Waals surface area contributed by atoms with E-state index in [-0.39, 0.29) is 6.04 Å². The predicted molar refractivity (Wildman–Crippen MR) is 92.2 cm³/mol. The largest absolute Gasteiger partial charge is 0.335 e. The van der Waals surface area contributed by atoms with Crippen LogP contribution in [0.25, 0.3) is 0 Å². The molecule has 0 radical (unpaired) electrons. The number of likely N-dealkylation sites (N-methyl/N-ethyl adjacent to an activating group) is 1. The van der Waals surface area contributed by atoms with Crippen molar-refractivity contribution in [2.45, 2.75) is 43.5 Å². The van der Waals surface area contributed by atoms with Crippen LogP contribution in [0.5, 0.6) is 0 Å². The van der Waals surface area contributed by atoms with E-state index in [0.29, 0.717) is 12.5 Å². The monoisotopic (exact) mass is 318 g/mol. The normalized spacial score (nSPS) is 22.1. The summed E-state index contributed by atoms with van der Waals surface area (Å²) in [6.07, 6.45) is 4.86. The van der Waals surface area contributed by atoms with E-state index in [4.69, 9.17) is 0 Å². The Balaban J connectivity index is 1.72. The third kappa shape index (κ3) is 3.49. The van der Waals surface area contributed by atoms with Gasteiger partial charge in [-0.1, -0.05) is 24.6 Å². The van der Waals surface area contributed by atoms with Gasteiger partial charge in [-0.3, -0.25) is 9.69 Å². The molecule has 1 amide bonds. The molecular formula is C18H26N2OS. The number of rotatable bonds is 4. The third-order valence-corrected chi connectivity index (χ3v) is 5.89. The van der Waals surface area contributed by atoms with E-state index < -0.39 is 0 Å². The maximum Gasteiger partial charge on any atom is 0.237 e. The SMILES string of the molecule is CCN(C(=O)CN1CCCCC1)C1CCSc2ccccc21. The average molecular weight is 318 g/mol. The average Bonchev–Trinajstić information content (AvgIpc) is 2.57. The predicted octanol–water partition coefficient (Wildman–Crippen LogP) is 3.56. The van der Waals surface area contributed by atoms with E-state index in [2.05, 4.69) is 41.0 Å². The summed E-state index contributed by atoms with van der Waals surface area (Å²) in [6, 6.07) is 8.85. The van der Waals surface area contributed by atoms with Gasteiger partial charge < -0.3 is 4.90 Å². The number of benzene rings is 1. The second-order valence-corrected chi connectivity index (χ2v) is 7.34. The molecule has 2 heterocycles. The van der Waals surface area contributed by atoms with Crippen LogP contribution < -0.4 is 0 Å². The number of hydrogen-bond acceptors (Lipinski definition) is 3. The first-order chi connectivity index (χ1) is 10.8. The van der Waals surface area contributed by atoms with Crippen molar-refractivity contribution in [2.75, 3.05) is 31.9 Å². The molecule has 3 nitrogen and oxygen atoms in total. The summed E-state index contributed by atoms with van der Waals surface area (Å²) in [5, 5.41) is 0. The summed E-state index contributed by atoms with van der Waals surface area (Å²) in [4.78, 5) is 18.6. The van der Waals surface area contributed by atoms with Crippen LogP contribution in [0.15, 0.2) is 29.2 Å². The van der Waals surface area contributed by atoms with Crippen LogP contribution in [0.4, 0.5) is 0 Å². The molecule has 4 heteroatoms. The lowest BCUT2D eigenvalue weighted by molar-refractivity contribution is -0.135. The van der Waals surface area contributed by atoms with Gasteiger partial charge in [0.15, 0.2) is 0 Å². The van der Waals surface area contributed by atoms with Gasteiger partial charge in [0.1, 0.15) is 0 Å². The van der Waals surface area contributed by atoms with Crippen molar-refractivity contribution in [3.63, 3.8) is 0 Å². The van der Waals surface area contributed by atoms with Crippen LogP contribution in [0.1, 0.15) is 44.2 Å². The standard InChI is InChI=1S/C18H26N2OS/c1-2-20(18(21)14-19-11-6-3-7-12-19)16-10-13-22-17-9-5-4-8-15(16)17/h4-5,8-9,16H,2-3,6-7,10-14H2,1H3. The number of nitrogens with zero attached hydrogens (tertiary/aromatic N) is 2. The fourth-order valence-corrected chi connectivity index (χ4v) is 4.72. The summed E-state index contributed by atoms with van der Waals surface area (Å²) in [5.41, 5.74) is 1.34. The van der Waals surface area contributed by atoms with Gasteiger partial charge in [-0.15, -0.1) is 11.8 Å². The first-order valence-corrected chi connectivity index (χ1v) is 9.51. The molecule has 1 fully saturated rings. The van der Waals surface area contributed by atoms with Gasteiger partial charge in [0.25, 0.3) is 0 Å². The van der Waals surface area contributed by atoms with Gasteiger partial charge in [-0.05, 0) is 50.9 Å². The molecule has 2 aliphatic rings. The Labute approximate surface area is 138 Å². The van der Waals surface area contributed by atoms with Crippen molar-refractivity contribution in [3.05, 3.63) is 29.8 Å². The lowest BCUT2D eigenvalue weighted by Crippen LogP contribution is -2.44. The molecule has 1 unspecified atom stereocenters. The first-order valence-electron chi connectivity index (χ1n) is 8.53. The van der Waals surface area contributed by atoms with Crippen LogP contribution >= 0.6 is 11.8 Å². The Morgan fingerprint density at radius 2 is 2.05 bits per heavy atom. The number of hydrogen-bond donors (Lipinski definition) is 0. The van der Waals surface area contributed by atoms with Crippen LogP contribution in [-0.4, -0.2) is 47.6 Å². The van der Waals surface area contributed by atoms with Crippen molar-refractivity contribution in [3.8, 4) is 0 Å². The molecule has 1 atom stereocenters. The molecule has 1 saturated heterocycles. The second-order valence-electron chi connectivity index (χ2n) is 6.21. The van der Waals surface area contributed by atoms with E-state index >= 15 is 0 Å². The molecular weight excluding hydrogens is 292 g/mol. The Bertz CT molecular complexity index is 514. The maximum absolute atomic E-state index is 12.8. The summed E-state index contributed by atoms with van der Waals surface area (Å²) >= 11 is 1.92. The summed E-state index contributed by atoms with van der Waals surface area (Å²) in [5.74, 6) is 1.41. The molecule has 3 rings (SSSR count). The summed E-state index contributed by atoms with van der Waals surface area (Å²) in [6.45, 7) is 5.68. The van der Waals surface area contributed by atoms with E-state index in [9.17, 15) is 4.79 Å². The third-order valence-electron chi connectivity index (χ3n) is 4.77. The molecule has 0 aromatic heterocycles. The molecule has 0 saturated carbocycles. The lowest BCUT2D eigenvalue weighted by atomic mass is 10.0. The number of carbonyl (C=O) groups excluding carboxylic acids is 1. The number of likely N-dealkylation sites (tertiary alicyclic amines) is 1. The van der Waals surface area contributed by atoms with Gasteiger partial charge in [-0.25, -0.2) is 0 Å². The fourth-order valence-electron chi connectivity index (χ4n) is 3.62. The van der Waals surface area contributed by atoms with E-state index in [1.807, 2.05) is 11.8 Å². The molecule has 0 bridgehead atoms. The molecule has 0 N–H and O–H groups in total. The van der Waals surface area contributed by atoms with Gasteiger partial charge in [0.2, 0.25) is 5.91 Å². The molecule has 2 aliphatic heterocycles. The lowest BCUT2D eigenvalue weighted by Gasteiger charge is -2.36. The van der Waals surface area contributed by atoms with Gasteiger partial charge in [0.05, 0.1) is 12.6 Å². The summed E-state index contributed by atoms with van der Waals surface area (Å²) in [7, 11) is 0. The van der Waals surface area contributed by atoms with Crippen LogP contribution in [-0.2, 0) is 4.79 Å². The smallest absolute Gasteiger partial charge is 0.237 e. The molecule has 0 spiro atoms. The highest BCUT2D eigenvalue weighted by Crippen LogP contribution is 2.39. The van der Waals surface area contributed by atoms with Crippen molar-refractivity contribution in [2.24, 2.45) is 0 Å². The summed E-state index contributed by atoms with van der Waals surface area (Å²) < 4.78 is 0. The number of carbonyl (C=O) groups is 1. The quantitative estimate of drug-likeness (QED) is 0.848. The fraction of sp³-hybridized carbons (Fsp3) is 0.611. The number of amides is 1. The van der Waals surface area contributed by atoms with Crippen molar-refractivity contribution < 1.29 is 4.79 Å². The number of fused-ring (bicyclic) bond motifs is 1. The van der Waals surface area contributed by atoms with Gasteiger partial charge >= 0.3 is 0 Å². The Hall–Kier alpha value is -1.00. The second kappa shape index (κ2) is 7.51. The van der Waals surface area contributed by atoms with Crippen molar-refractivity contribution in [1.82, 2.24) is 9.80 Å². The zero-order valence-electron chi connectivity index (χ0n) is 13.5. The Morgan fingerprint density at radius 3 is 2.82 bits per heavy atom. The van der Waals surface area contributed by atoms with Crippen molar-refractivity contribution in [1.29, 1.82) is 0 Å². The van der Waals surface area contributed by atoms with Crippen LogP contribution in [0.2, 0.25) is 0 Å². The van der Waals surface area contributed by atoms with E-state index in [1.54, 1.807) is 0 Å². The Kier molecular flexibility index (Phi) is 5.42. The van der Waals surface area contributed by atoms with Crippen LogP contribution in [0, 0.1) is 0 Å². The molecule has 1 aromatic carbocycles. The highest BCUT2D eigenvalue weighted by molar-refractivity contribution is 7.99. The first kappa shape index (κ1) is 15.9. The zero-order chi connectivity index (χ0) is 15.4. The minimum Gasteiger partial charge on any atom is -0.335 e. The highest BCUT2D eigenvalue weighted by Gasteiger charge is 2.29. The van der Waals surface area contributed by atoms with Gasteiger partial charge in [-0.2, -0.15) is 0 Å². The maximum atomic E-state index is 12.8. The van der Waals surface area contributed by atoms with E-state index in [0.717, 1.165) is 31.8 Å². The minimum absolute atomic E-state index is 0.264. The van der Waals surface area contributed by atoms with Crippen molar-refractivity contribution >= 4 is 17.7 Å². The van der Waals surface area contributed by atoms with Crippen LogP contribution in [0.3, 0.4) is 0 Å².